The summed E-state index contributed by atoms with van der Waals surface area (Å²) in [5, 5.41) is 9.55. The molecule has 142 valence electrons. The SMILES string of the molecule is CCCn1c(C)cc(/C=C(/C#N)C(=O)N2CCN(CC(C)C)CC2)c1C. The third kappa shape index (κ3) is 4.76. The summed E-state index contributed by atoms with van der Waals surface area (Å²) in [4.78, 5) is 17.0. The number of hydrogen-bond donors (Lipinski definition) is 0. The van der Waals surface area contributed by atoms with Crippen molar-refractivity contribution in [1.82, 2.24) is 14.4 Å². The Kier molecular flexibility index (Phi) is 7.05. The van der Waals surface area contributed by atoms with Gasteiger partial charge in [0.05, 0.1) is 0 Å². The molecule has 0 saturated carbocycles. The second-order valence-electron chi connectivity index (χ2n) is 7.63. The van der Waals surface area contributed by atoms with Gasteiger partial charge in [0.15, 0.2) is 0 Å². The lowest BCUT2D eigenvalue weighted by Crippen LogP contribution is -2.49. The number of carbonyl (C=O) groups is 1. The van der Waals surface area contributed by atoms with Gasteiger partial charge in [0.1, 0.15) is 11.6 Å². The first kappa shape index (κ1) is 20.3. The highest BCUT2D eigenvalue weighted by atomic mass is 16.2. The first-order valence-electron chi connectivity index (χ1n) is 9.67. The molecule has 0 radical (unpaired) electrons. The Hall–Kier alpha value is -2.06. The summed E-state index contributed by atoms with van der Waals surface area (Å²) in [6, 6.07) is 4.19. The summed E-state index contributed by atoms with van der Waals surface area (Å²) in [5.74, 6) is 0.488. The molecule has 0 bridgehead atoms. The van der Waals surface area contributed by atoms with E-state index in [0.717, 1.165) is 43.9 Å². The molecule has 0 aliphatic carbocycles. The highest BCUT2D eigenvalue weighted by Crippen LogP contribution is 2.20. The Morgan fingerprint density at radius 2 is 1.92 bits per heavy atom. The summed E-state index contributed by atoms with van der Waals surface area (Å²) >= 11 is 0. The summed E-state index contributed by atoms with van der Waals surface area (Å²) in [7, 11) is 0. The number of nitriles is 1. The number of nitrogens with zero attached hydrogens (tertiary/aromatic N) is 4. The molecule has 2 rings (SSSR count). The zero-order chi connectivity index (χ0) is 19.3. The minimum Gasteiger partial charge on any atom is -0.349 e. The van der Waals surface area contributed by atoms with E-state index in [1.54, 1.807) is 6.08 Å². The van der Waals surface area contributed by atoms with Gasteiger partial charge < -0.3 is 9.47 Å². The molecule has 1 aliphatic rings. The molecule has 2 heterocycles. The van der Waals surface area contributed by atoms with Gasteiger partial charge in [-0.1, -0.05) is 20.8 Å². The van der Waals surface area contributed by atoms with Gasteiger partial charge in [0.25, 0.3) is 5.91 Å². The number of piperazine rings is 1. The second-order valence-corrected chi connectivity index (χ2v) is 7.63. The van der Waals surface area contributed by atoms with Crippen molar-refractivity contribution in [2.24, 2.45) is 5.92 Å². The lowest BCUT2D eigenvalue weighted by Gasteiger charge is -2.35. The molecular weight excluding hydrogens is 324 g/mol. The molecule has 1 fully saturated rings. The molecule has 1 amide bonds. The van der Waals surface area contributed by atoms with Crippen LogP contribution in [0.3, 0.4) is 0 Å². The minimum atomic E-state index is -0.142. The maximum atomic E-state index is 12.8. The lowest BCUT2D eigenvalue weighted by atomic mass is 10.1. The molecule has 1 saturated heterocycles. The van der Waals surface area contributed by atoms with Crippen LogP contribution in [0.1, 0.15) is 44.1 Å². The fraction of sp³-hybridized carbons (Fsp3) is 0.619. The maximum Gasteiger partial charge on any atom is 0.264 e. The van der Waals surface area contributed by atoms with Crippen molar-refractivity contribution in [1.29, 1.82) is 5.26 Å². The standard InChI is InChI=1S/C21H32N4O/c1-6-7-25-17(4)12-19(18(25)5)13-20(14-22)21(26)24-10-8-23(9-11-24)15-16(2)3/h12-13,16H,6-11,15H2,1-5H3/b20-13-. The maximum absolute atomic E-state index is 12.8. The van der Waals surface area contributed by atoms with E-state index in [2.05, 4.69) is 56.2 Å². The zero-order valence-corrected chi connectivity index (χ0v) is 16.9. The van der Waals surface area contributed by atoms with Crippen LogP contribution in [0, 0.1) is 31.1 Å². The van der Waals surface area contributed by atoms with E-state index < -0.39 is 0 Å². The van der Waals surface area contributed by atoms with E-state index in [-0.39, 0.29) is 11.5 Å². The van der Waals surface area contributed by atoms with Gasteiger partial charge in [-0.2, -0.15) is 5.26 Å². The fourth-order valence-corrected chi connectivity index (χ4v) is 3.66. The van der Waals surface area contributed by atoms with Gasteiger partial charge in [-0.15, -0.1) is 0 Å². The Labute approximate surface area is 157 Å². The minimum absolute atomic E-state index is 0.142. The van der Waals surface area contributed by atoms with Crippen LogP contribution in [0.15, 0.2) is 11.6 Å². The molecule has 5 heteroatoms. The highest BCUT2D eigenvalue weighted by molar-refractivity contribution is 6.01. The van der Waals surface area contributed by atoms with Crippen LogP contribution in [-0.2, 0) is 11.3 Å². The lowest BCUT2D eigenvalue weighted by molar-refractivity contribution is -0.128. The van der Waals surface area contributed by atoms with E-state index in [0.29, 0.717) is 19.0 Å². The van der Waals surface area contributed by atoms with Crippen LogP contribution < -0.4 is 0 Å². The fourth-order valence-electron chi connectivity index (χ4n) is 3.66. The number of carbonyl (C=O) groups excluding carboxylic acids is 1. The number of hydrogen-bond acceptors (Lipinski definition) is 3. The predicted octanol–water partition coefficient (Wildman–Crippen LogP) is 3.22. The van der Waals surface area contributed by atoms with Gasteiger partial charge in [0.2, 0.25) is 0 Å². The van der Waals surface area contributed by atoms with E-state index in [9.17, 15) is 10.1 Å². The van der Waals surface area contributed by atoms with E-state index >= 15 is 0 Å². The van der Waals surface area contributed by atoms with Crippen LogP contribution in [-0.4, -0.2) is 53.0 Å². The average molecular weight is 357 g/mol. The van der Waals surface area contributed by atoms with Crippen molar-refractivity contribution in [3.63, 3.8) is 0 Å². The number of aryl methyl sites for hydroxylation is 1. The van der Waals surface area contributed by atoms with Gasteiger partial charge in [-0.05, 0) is 43.9 Å². The molecule has 0 spiro atoms. The summed E-state index contributed by atoms with van der Waals surface area (Å²) in [5.41, 5.74) is 3.49. The Morgan fingerprint density at radius 3 is 2.46 bits per heavy atom. The molecule has 0 atom stereocenters. The van der Waals surface area contributed by atoms with Crippen molar-refractivity contribution in [2.75, 3.05) is 32.7 Å². The van der Waals surface area contributed by atoms with E-state index in [4.69, 9.17) is 0 Å². The van der Waals surface area contributed by atoms with Crippen LogP contribution in [0.25, 0.3) is 6.08 Å². The molecule has 1 aliphatic heterocycles. The molecule has 1 aromatic heterocycles. The average Bonchev–Trinajstić information content (AvgIpc) is 2.87. The summed E-state index contributed by atoms with van der Waals surface area (Å²) < 4.78 is 2.25. The Bertz CT molecular complexity index is 700. The van der Waals surface area contributed by atoms with Gasteiger partial charge in [-0.25, -0.2) is 0 Å². The quantitative estimate of drug-likeness (QED) is 0.581. The number of amides is 1. The predicted molar refractivity (Wildman–Crippen MR) is 106 cm³/mol. The molecule has 26 heavy (non-hydrogen) atoms. The Balaban J connectivity index is 2.11. The van der Waals surface area contributed by atoms with E-state index in [1.165, 1.54) is 5.69 Å². The van der Waals surface area contributed by atoms with Gasteiger partial charge >= 0.3 is 0 Å². The third-order valence-electron chi connectivity index (χ3n) is 4.99. The Morgan fingerprint density at radius 1 is 1.27 bits per heavy atom. The van der Waals surface area contributed by atoms with Crippen LogP contribution >= 0.6 is 0 Å². The monoisotopic (exact) mass is 356 g/mol. The van der Waals surface area contributed by atoms with Crippen molar-refractivity contribution in [2.45, 2.75) is 47.6 Å². The molecular formula is C21H32N4O. The summed E-state index contributed by atoms with van der Waals surface area (Å²) in [6.07, 6.45) is 2.82. The van der Waals surface area contributed by atoms with Crippen molar-refractivity contribution < 1.29 is 4.79 Å². The summed E-state index contributed by atoms with van der Waals surface area (Å²) in [6.45, 7) is 15.9. The molecule has 0 N–H and O–H groups in total. The van der Waals surface area contributed by atoms with Gasteiger partial charge in [0, 0.05) is 50.7 Å². The second kappa shape index (κ2) is 9.05. The first-order chi connectivity index (χ1) is 12.4. The number of aromatic nitrogens is 1. The normalized spacial score (nSPS) is 16.2. The van der Waals surface area contributed by atoms with Crippen molar-refractivity contribution in [3.8, 4) is 6.07 Å². The van der Waals surface area contributed by atoms with Crippen LogP contribution in [0.2, 0.25) is 0 Å². The molecule has 0 unspecified atom stereocenters. The van der Waals surface area contributed by atoms with Crippen molar-refractivity contribution in [3.05, 3.63) is 28.6 Å². The van der Waals surface area contributed by atoms with Crippen LogP contribution in [0.5, 0.6) is 0 Å². The topological polar surface area (TPSA) is 52.3 Å². The van der Waals surface area contributed by atoms with Gasteiger partial charge in [-0.3, -0.25) is 9.69 Å². The largest absolute Gasteiger partial charge is 0.349 e. The van der Waals surface area contributed by atoms with Crippen LogP contribution in [0.4, 0.5) is 0 Å². The van der Waals surface area contributed by atoms with E-state index in [1.807, 2.05) is 4.90 Å². The molecule has 5 nitrogen and oxygen atoms in total. The van der Waals surface area contributed by atoms with Crippen molar-refractivity contribution >= 4 is 12.0 Å². The highest BCUT2D eigenvalue weighted by Gasteiger charge is 2.24. The first-order valence-corrected chi connectivity index (χ1v) is 9.67. The molecule has 1 aromatic rings. The molecule has 0 aromatic carbocycles. The third-order valence-corrected chi connectivity index (χ3v) is 4.99. The zero-order valence-electron chi connectivity index (χ0n) is 16.9. The number of rotatable bonds is 6. The smallest absolute Gasteiger partial charge is 0.264 e.